The fraction of sp³-hybridized carbons (Fsp3) is 0.0833. The number of carbonyl (C=O) groups is 1. The van der Waals surface area contributed by atoms with E-state index in [1.807, 2.05) is 0 Å². The molecule has 0 fully saturated rings. The Hall–Kier alpha value is -2.08. The molecule has 0 aliphatic carbocycles. The van der Waals surface area contributed by atoms with Crippen LogP contribution < -0.4 is 0 Å². The van der Waals surface area contributed by atoms with Crippen molar-refractivity contribution in [2.45, 2.75) is 0 Å². The summed E-state index contributed by atoms with van der Waals surface area (Å²) in [6, 6.07) is 5.59. The monoisotopic (exact) mass is 264 g/mol. The maximum Gasteiger partial charge on any atom is 0.337 e. The zero-order chi connectivity index (χ0) is 13.1. The smallest absolute Gasteiger partial charge is 0.337 e. The molecular formula is C12H9FN2O2S. The van der Waals surface area contributed by atoms with Crippen LogP contribution in [0.3, 0.4) is 0 Å². The SMILES string of the molecule is COC(=O)c1cc(F)cc(-c2cn[nH]c(=S)c2)c1. The van der Waals surface area contributed by atoms with Gasteiger partial charge >= 0.3 is 5.97 Å². The van der Waals surface area contributed by atoms with E-state index in [0.29, 0.717) is 15.8 Å². The van der Waals surface area contributed by atoms with Crippen molar-refractivity contribution in [3.8, 4) is 11.1 Å². The highest BCUT2D eigenvalue weighted by molar-refractivity contribution is 7.71. The number of aromatic nitrogens is 2. The summed E-state index contributed by atoms with van der Waals surface area (Å²) in [7, 11) is 1.24. The molecule has 2 rings (SSSR count). The number of halogens is 1. The molecular weight excluding hydrogens is 255 g/mol. The molecule has 0 amide bonds. The molecule has 92 valence electrons. The van der Waals surface area contributed by atoms with Crippen LogP contribution in [-0.2, 0) is 4.74 Å². The molecule has 18 heavy (non-hydrogen) atoms. The van der Waals surface area contributed by atoms with Crippen molar-refractivity contribution in [1.29, 1.82) is 0 Å². The Morgan fingerprint density at radius 2 is 2.11 bits per heavy atom. The van der Waals surface area contributed by atoms with Crippen molar-refractivity contribution in [3.05, 3.63) is 46.5 Å². The van der Waals surface area contributed by atoms with Gasteiger partial charge in [0.15, 0.2) is 0 Å². The second-order valence-corrected chi connectivity index (χ2v) is 3.99. The molecule has 0 bridgehead atoms. The summed E-state index contributed by atoms with van der Waals surface area (Å²) in [6.45, 7) is 0. The zero-order valence-corrected chi connectivity index (χ0v) is 10.3. The summed E-state index contributed by atoms with van der Waals surface area (Å²) in [5.74, 6) is -1.11. The van der Waals surface area contributed by atoms with E-state index in [1.165, 1.54) is 25.4 Å². The van der Waals surface area contributed by atoms with Crippen LogP contribution in [0.2, 0.25) is 0 Å². The largest absolute Gasteiger partial charge is 0.465 e. The normalized spacial score (nSPS) is 10.1. The average Bonchev–Trinajstić information content (AvgIpc) is 2.37. The second-order valence-electron chi connectivity index (χ2n) is 3.55. The molecule has 2 aromatic rings. The number of rotatable bonds is 2. The van der Waals surface area contributed by atoms with Crippen molar-refractivity contribution in [1.82, 2.24) is 10.2 Å². The maximum absolute atomic E-state index is 13.4. The van der Waals surface area contributed by atoms with Gasteiger partial charge in [0.05, 0.1) is 18.9 Å². The summed E-state index contributed by atoms with van der Waals surface area (Å²) < 4.78 is 18.4. The lowest BCUT2D eigenvalue weighted by atomic mass is 10.0. The van der Waals surface area contributed by atoms with Crippen LogP contribution in [0.15, 0.2) is 30.5 Å². The molecule has 0 aliphatic rings. The van der Waals surface area contributed by atoms with Gasteiger partial charge in [-0.3, -0.25) is 5.10 Å². The Morgan fingerprint density at radius 3 is 2.78 bits per heavy atom. The average molecular weight is 264 g/mol. The minimum Gasteiger partial charge on any atom is -0.465 e. The predicted molar refractivity (Wildman–Crippen MR) is 66.2 cm³/mol. The number of hydrogen-bond donors (Lipinski definition) is 1. The van der Waals surface area contributed by atoms with Crippen LogP contribution in [0.25, 0.3) is 11.1 Å². The van der Waals surface area contributed by atoms with Gasteiger partial charge in [-0.15, -0.1) is 0 Å². The highest BCUT2D eigenvalue weighted by atomic mass is 32.1. The Labute approximate surface area is 107 Å². The number of nitrogens with one attached hydrogen (secondary N) is 1. The van der Waals surface area contributed by atoms with E-state index in [1.54, 1.807) is 6.07 Å². The van der Waals surface area contributed by atoms with Gasteiger partial charge in [-0.05, 0) is 29.8 Å². The predicted octanol–water partition coefficient (Wildman–Crippen LogP) is 2.73. The first-order valence-corrected chi connectivity index (χ1v) is 5.45. The van der Waals surface area contributed by atoms with Crippen LogP contribution >= 0.6 is 12.2 Å². The molecule has 0 spiro atoms. The molecule has 0 saturated carbocycles. The van der Waals surface area contributed by atoms with E-state index >= 15 is 0 Å². The number of carbonyl (C=O) groups excluding carboxylic acids is 1. The molecule has 0 radical (unpaired) electrons. The third-order valence-electron chi connectivity index (χ3n) is 2.32. The van der Waals surface area contributed by atoms with E-state index in [9.17, 15) is 9.18 Å². The molecule has 0 unspecified atom stereocenters. The lowest BCUT2D eigenvalue weighted by molar-refractivity contribution is 0.0600. The highest BCUT2D eigenvalue weighted by Crippen LogP contribution is 2.21. The summed E-state index contributed by atoms with van der Waals surface area (Å²) in [4.78, 5) is 11.4. The first-order chi connectivity index (χ1) is 8.60. The first-order valence-electron chi connectivity index (χ1n) is 5.04. The van der Waals surface area contributed by atoms with E-state index in [-0.39, 0.29) is 5.56 Å². The first kappa shape index (κ1) is 12.4. The Morgan fingerprint density at radius 1 is 1.33 bits per heavy atom. The van der Waals surface area contributed by atoms with Gasteiger partial charge < -0.3 is 4.74 Å². The Kier molecular flexibility index (Phi) is 3.47. The number of nitrogens with zero attached hydrogens (tertiary/aromatic N) is 1. The number of H-pyrrole nitrogens is 1. The third-order valence-corrected chi connectivity index (χ3v) is 2.53. The Bertz CT molecular complexity index is 655. The molecule has 4 nitrogen and oxygen atoms in total. The zero-order valence-electron chi connectivity index (χ0n) is 9.44. The standard InChI is InChI=1S/C12H9FN2O2S/c1-17-12(16)8-2-7(3-10(13)4-8)9-5-11(18)15-14-6-9/h2-6H,1H3,(H,15,18). The van der Waals surface area contributed by atoms with Crippen molar-refractivity contribution >= 4 is 18.2 Å². The lowest BCUT2D eigenvalue weighted by Gasteiger charge is -2.04. The fourth-order valence-corrected chi connectivity index (χ4v) is 1.71. The van der Waals surface area contributed by atoms with Crippen LogP contribution in [0, 0.1) is 10.5 Å². The van der Waals surface area contributed by atoms with E-state index in [4.69, 9.17) is 12.2 Å². The number of hydrogen-bond acceptors (Lipinski definition) is 4. The van der Waals surface area contributed by atoms with Gasteiger partial charge in [-0.2, -0.15) is 5.10 Å². The number of ether oxygens (including phenoxy) is 1. The third kappa shape index (κ3) is 2.60. The molecule has 0 saturated heterocycles. The number of esters is 1. The van der Waals surface area contributed by atoms with Gasteiger partial charge in [0.25, 0.3) is 0 Å². The van der Waals surface area contributed by atoms with E-state index in [2.05, 4.69) is 14.9 Å². The summed E-state index contributed by atoms with van der Waals surface area (Å²) in [5.41, 5.74) is 1.29. The molecule has 1 aromatic heterocycles. The molecule has 0 aliphatic heterocycles. The summed E-state index contributed by atoms with van der Waals surface area (Å²) in [6.07, 6.45) is 1.51. The van der Waals surface area contributed by atoms with Crippen LogP contribution in [-0.4, -0.2) is 23.3 Å². The second kappa shape index (κ2) is 5.05. The van der Waals surface area contributed by atoms with Gasteiger partial charge in [0, 0.05) is 5.56 Å². The van der Waals surface area contributed by atoms with Gasteiger partial charge in [0.1, 0.15) is 10.5 Å². The van der Waals surface area contributed by atoms with Crippen molar-refractivity contribution < 1.29 is 13.9 Å². The van der Waals surface area contributed by atoms with Crippen LogP contribution in [0.5, 0.6) is 0 Å². The van der Waals surface area contributed by atoms with Crippen molar-refractivity contribution in [2.24, 2.45) is 0 Å². The van der Waals surface area contributed by atoms with Crippen LogP contribution in [0.1, 0.15) is 10.4 Å². The minimum atomic E-state index is -0.593. The Balaban J connectivity index is 2.55. The van der Waals surface area contributed by atoms with Gasteiger partial charge in [-0.1, -0.05) is 12.2 Å². The topological polar surface area (TPSA) is 55.0 Å². The van der Waals surface area contributed by atoms with Crippen molar-refractivity contribution in [3.63, 3.8) is 0 Å². The molecule has 1 N–H and O–H groups in total. The molecule has 1 aromatic carbocycles. The maximum atomic E-state index is 13.4. The number of benzene rings is 1. The van der Waals surface area contributed by atoms with Gasteiger partial charge in [-0.25, -0.2) is 9.18 Å². The summed E-state index contributed by atoms with van der Waals surface area (Å²) >= 11 is 4.94. The minimum absolute atomic E-state index is 0.145. The molecule has 1 heterocycles. The van der Waals surface area contributed by atoms with Crippen LogP contribution in [0.4, 0.5) is 4.39 Å². The van der Waals surface area contributed by atoms with Crippen molar-refractivity contribution in [2.75, 3.05) is 7.11 Å². The van der Waals surface area contributed by atoms with Gasteiger partial charge in [0.2, 0.25) is 0 Å². The van der Waals surface area contributed by atoms with E-state index < -0.39 is 11.8 Å². The number of aromatic amines is 1. The quantitative estimate of drug-likeness (QED) is 0.669. The summed E-state index contributed by atoms with van der Waals surface area (Å²) in [5, 5.41) is 6.40. The molecule has 6 heteroatoms. The lowest BCUT2D eigenvalue weighted by Crippen LogP contribution is -2.02. The fourth-order valence-electron chi connectivity index (χ4n) is 1.53. The number of methoxy groups -OCH3 is 1. The molecule has 0 atom stereocenters. The highest BCUT2D eigenvalue weighted by Gasteiger charge is 2.10. The van der Waals surface area contributed by atoms with E-state index in [0.717, 1.165) is 6.07 Å².